The summed E-state index contributed by atoms with van der Waals surface area (Å²) in [6.45, 7) is 5.16. The Hall–Kier alpha value is -4.85. The molecular formula is C32H31N3O5. The fraction of sp³-hybridized carbons (Fsp3) is 0.219. The molecule has 0 saturated heterocycles. The first-order valence-electron chi connectivity index (χ1n) is 13.2. The first-order valence-corrected chi connectivity index (χ1v) is 13.2. The Morgan fingerprint density at radius 3 is 2.33 bits per heavy atom. The number of hydrogen-bond acceptors (Lipinski definition) is 7. The van der Waals surface area contributed by atoms with Crippen LogP contribution in [-0.4, -0.2) is 27.3 Å². The maximum Gasteiger partial charge on any atom is 0.310 e. The van der Waals surface area contributed by atoms with E-state index in [1.54, 1.807) is 11.6 Å². The zero-order valence-electron chi connectivity index (χ0n) is 22.6. The van der Waals surface area contributed by atoms with Crippen LogP contribution in [-0.2, 0) is 35.7 Å². The van der Waals surface area contributed by atoms with E-state index in [1.807, 2.05) is 98.0 Å². The quantitative estimate of drug-likeness (QED) is 0.176. The molecule has 0 N–H and O–H groups in total. The zero-order valence-corrected chi connectivity index (χ0v) is 22.6. The van der Waals surface area contributed by atoms with Gasteiger partial charge < -0.3 is 18.6 Å². The summed E-state index contributed by atoms with van der Waals surface area (Å²) >= 11 is 0. The molecule has 0 spiro atoms. The first-order chi connectivity index (χ1) is 19.6. The third kappa shape index (κ3) is 6.96. The smallest absolute Gasteiger partial charge is 0.310 e. The maximum atomic E-state index is 12.2. The lowest BCUT2D eigenvalue weighted by molar-refractivity contribution is -0.142. The van der Waals surface area contributed by atoms with Crippen molar-refractivity contribution in [1.29, 1.82) is 0 Å². The van der Waals surface area contributed by atoms with Crippen LogP contribution in [0.2, 0.25) is 0 Å². The SMILES string of the molecule is CCOC(=O)Cc1cn(Cc2ccccc2)nc1OCc1ccc(OCc2nc(-c3ccccc3)oc2C)cc1. The normalized spacial score (nSPS) is 10.8. The molecule has 2 heterocycles. The van der Waals surface area contributed by atoms with Crippen molar-refractivity contribution in [1.82, 2.24) is 14.8 Å². The minimum atomic E-state index is -0.314. The lowest BCUT2D eigenvalue weighted by atomic mass is 10.2. The van der Waals surface area contributed by atoms with Crippen molar-refractivity contribution in [3.05, 3.63) is 119 Å². The molecule has 204 valence electrons. The molecule has 2 aromatic heterocycles. The van der Waals surface area contributed by atoms with E-state index in [-0.39, 0.29) is 12.4 Å². The Kier molecular flexibility index (Phi) is 8.56. The van der Waals surface area contributed by atoms with Gasteiger partial charge in [-0.2, -0.15) is 0 Å². The van der Waals surface area contributed by atoms with E-state index >= 15 is 0 Å². The van der Waals surface area contributed by atoms with Crippen LogP contribution in [0.3, 0.4) is 0 Å². The van der Waals surface area contributed by atoms with Gasteiger partial charge in [0.15, 0.2) is 0 Å². The van der Waals surface area contributed by atoms with Gasteiger partial charge in [0, 0.05) is 17.3 Å². The van der Waals surface area contributed by atoms with E-state index in [1.165, 1.54) is 0 Å². The molecular weight excluding hydrogens is 506 g/mol. The Labute approximate surface area is 233 Å². The molecule has 0 radical (unpaired) electrons. The standard InChI is InChI=1S/C32H31N3O5/c1-3-37-30(36)18-27-20-35(19-24-10-6-4-7-11-24)34-32(27)39-21-25-14-16-28(17-15-25)38-22-29-23(2)40-31(33-29)26-12-8-5-9-13-26/h4-17,20H,3,18-19,21-22H2,1-2H3. The largest absolute Gasteiger partial charge is 0.487 e. The number of benzene rings is 3. The molecule has 0 aliphatic heterocycles. The van der Waals surface area contributed by atoms with E-state index in [0.717, 1.165) is 28.1 Å². The summed E-state index contributed by atoms with van der Waals surface area (Å²) in [7, 11) is 0. The van der Waals surface area contributed by atoms with Crippen molar-refractivity contribution < 1.29 is 23.4 Å². The minimum Gasteiger partial charge on any atom is -0.487 e. The van der Waals surface area contributed by atoms with Gasteiger partial charge in [0.1, 0.15) is 30.4 Å². The predicted octanol–water partition coefficient (Wildman–Crippen LogP) is 6.16. The number of oxazole rings is 1. The highest BCUT2D eigenvalue weighted by atomic mass is 16.5. The molecule has 0 aliphatic carbocycles. The summed E-state index contributed by atoms with van der Waals surface area (Å²) in [5, 5.41) is 4.59. The van der Waals surface area contributed by atoms with Gasteiger partial charge in [-0.1, -0.05) is 60.7 Å². The molecule has 0 saturated carbocycles. The van der Waals surface area contributed by atoms with E-state index in [9.17, 15) is 4.79 Å². The van der Waals surface area contributed by atoms with Crippen LogP contribution in [0.25, 0.3) is 11.5 Å². The first kappa shape index (κ1) is 26.7. The summed E-state index contributed by atoms with van der Waals surface area (Å²) in [4.78, 5) is 16.8. The molecule has 0 bridgehead atoms. The second-order valence-electron chi connectivity index (χ2n) is 9.23. The van der Waals surface area contributed by atoms with Crippen LogP contribution in [0.5, 0.6) is 11.6 Å². The van der Waals surface area contributed by atoms with Gasteiger partial charge in [-0.3, -0.25) is 9.48 Å². The molecule has 5 aromatic rings. The van der Waals surface area contributed by atoms with Gasteiger partial charge in [0.2, 0.25) is 11.8 Å². The number of aryl methyl sites for hydroxylation is 1. The number of aromatic nitrogens is 3. The molecule has 8 nitrogen and oxygen atoms in total. The Morgan fingerprint density at radius 1 is 0.875 bits per heavy atom. The molecule has 0 fully saturated rings. The highest BCUT2D eigenvalue weighted by molar-refractivity contribution is 5.73. The number of esters is 1. The maximum absolute atomic E-state index is 12.2. The fourth-order valence-corrected chi connectivity index (χ4v) is 4.16. The summed E-state index contributed by atoms with van der Waals surface area (Å²) in [6, 6.07) is 27.4. The van der Waals surface area contributed by atoms with Crippen molar-refractivity contribution in [2.75, 3.05) is 6.61 Å². The lowest BCUT2D eigenvalue weighted by Gasteiger charge is -2.08. The molecule has 0 atom stereocenters. The fourth-order valence-electron chi connectivity index (χ4n) is 4.16. The van der Waals surface area contributed by atoms with Crippen molar-refractivity contribution in [3.8, 4) is 23.1 Å². The molecule has 8 heteroatoms. The highest BCUT2D eigenvalue weighted by Gasteiger charge is 2.16. The predicted molar refractivity (Wildman–Crippen MR) is 150 cm³/mol. The van der Waals surface area contributed by atoms with Crippen LogP contribution >= 0.6 is 0 Å². The zero-order chi connectivity index (χ0) is 27.7. The molecule has 0 unspecified atom stereocenters. The third-order valence-electron chi connectivity index (χ3n) is 6.21. The molecule has 40 heavy (non-hydrogen) atoms. The van der Waals surface area contributed by atoms with Crippen LogP contribution in [0.4, 0.5) is 0 Å². The number of carbonyl (C=O) groups is 1. The van der Waals surface area contributed by atoms with Crippen LogP contribution in [0, 0.1) is 6.92 Å². The van der Waals surface area contributed by atoms with Gasteiger partial charge >= 0.3 is 5.97 Å². The van der Waals surface area contributed by atoms with Gasteiger partial charge in [0.25, 0.3) is 0 Å². The minimum absolute atomic E-state index is 0.0954. The number of hydrogen-bond donors (Lipinski definition) is 0. The van der Waals surface area contributed by atoms with Gasteiger partial charge in [0.05, 0.1) is 19.6 Å². The highest BCUT2D eigenvalue weighted by Crippen LogP contribution is 2.24. The second kappa shape index (κ2) is 12.8. The van der Waals surface area contributed by atoms with Crippen LogP contribution in [0.1, 0.15) is 35.1 Å². The number of nitrogens with zero attached hydrogens (tertiary/aromatic N) is 3. The number of carbonyl (C=O) groups excluding carboxylic acids is 1. The van der Waals surface area contributed by atoms with Crippen LogP contribution in [0.15, 0.2) is 95.5 Å². The molecule has 0 aliphatic rings. The average molecular weight is 538 g/mol. The van der Waals surface area contributed by atoms with Crippen LogP contribution < -0.4 is 9.47 Å². The number of ether oxygens (including phenoxy) is 3. The van der Waals surface area contributed by atoms with E-state index in [4.69, 9.17) is 18.6 Å². The summed E-state index contributed by atoms with van der Waals surface area (Å²) in [5.41, 5.74) is 4.41. The third-order valence-corrected chi connectivity index (χ3v) is 6.21. The Bertz CT molecular complexity index is 1530. The Morgan fingerprint density at radius 2 is 1.60 bits per heavy atom. The molecule has 5 rings (SSSR count). The summed E-state index contributed by atoms with van der Waals surface area (Å²) in [6.07, 6.45) is 1.93. The lowest BCUT2D eigenvalue weighted by Crippen LogP contribution is -2.08. The van der Waals surface area contributed by atoms with Gasteiger partial charge in [-0.15, -0.1) is 5.10 Å². The summed E-state index contributed by atoms with van der Waals surface area (Å²) < 4.78 is 24.7. The topological polar surface area (TPSA) is 88.6 Å². The van der Waals surface area contributed by atoms with E-state index in [0.29, 0.717) is 49.4 Å². The van der Waals surface area contributed by atoms with Crippen molar-refractivity contribution in [2.45, 2.75) is 40.0 Å². The summed E-state index contributed by atoms with van der Waals surface area (Å²) in [5.74, 6) is 2.13. The molecule has 0 amide bonds. The monoisotopic (exact) mass is 537 g/mol. The van der Waals surface area contributed by atoms with E-state index < -0.39 is 0 Å². The molecule has 3 aromatic carbocycles. The second-order valence-corrected chi connectivity index (χ2v) is 9.23. The van der Waals surface area contributed by atoms with E-state index in [2.05, 4.69) is 10.1 Å². The number of rotatable bonds is 12. The van der Waals surface area contributed by atoms with Gasteiger partial charge in [-0.25, -0.2) is 4.98 Å². The van der Waals surface area contributed by atoms with Gasteiger partial charge in [-0.05, 0) is 49.2 Å². The van der Waals surface area contributed by atoms with Crippen molar-refractivity contribution in [2.24, 2.45) is 0 Å². The van der Waals surface area contributed by atoms with Crippen molar-refractivity contribution >= 4 is 5.97 Å². The van der Waals surface area contributed by atoms with Crippen molar-refractivity contribution in [3.63, 3.8) is 0 Å². The Balaban J connectivity index is 1.20. The average Bonchev–Trinajstić information content (AvgIpc) is 3.54.